The predicted molar refractivity (Wildman–Crippen MR) is 87.5 cm³/mol. The van der Waals surface area contributed by atoms with Crippen molar-refractivity contribution in [2.45, 2.75) is 53.6 Å². The lowest BCUT2D eigenvalue weighted by Gasteiger charge is -2.34. The van der Waals surface area contributed by atoms with Crippen LogP contribution < -0.4 is 5.32 Å². The monoisotopic (exact) mass is 358 g/mol. The third-order valence-electron chi connectivity index (χ3n) is 4.89. The molecular weight excluding hydrogens is 336 g/mol. The molecule has 2 aliphatic heterocycles. The molecule has 8 heteroatoms. The third kappa shape index (κ3) is 3.31. The van der Waals surface area contributed by atoms with Gasteiger partial charge in [-0.25, -0.2) is 16.8 Å². The van der Waals surface area contributed by atoms with E-state index < -0.39 is 19.9 Å². The van der Waals surface area contributed by atoms with Gasteiger partial charge in [0.05, 0.1) is 9.79 Å². The molecule has 23 heavy (non-hydrogen) atoms. The van der Waals surface area contributed by atoms with Crippen molar-refractivity contribution < 1.29 is 16.8 Å². The molecule has 1 aromatic rings. The molecule has 2 unspecified atom stereocenters. The summed E-state index contributed by atoms with van der Waals surface area (Å²) in [6, 6.07) is 6.25. The largest absolute Gasteiger partial charge is 0.311 e. The van der Waals surface area contributed by atoms with Gasteiger partial charge in [-0.3, -0.25) is 0 Å². The van der Waals surface area contributed by atoms with Crippen LogP contribution in [0.15, 0.2) is 34.1 Å². The van der Waals surface area contributed by atoms with Crippen LogP contribution in [0.1, 0.15) is 25.7 Å². The van der Waals surface area contributed by atoms with Gasteiger partial charge in [0.1, 0.15) is 0 Å². The summed E-state index contributed by atoms with van der Waals surface area (Å²) in [6.07, 6.45) is 4.98. The summed E-state index contributed by atoms with van der Waals surface area (Å²) in [4.78, 5) is 0.261. The fraction of sp³-hybridized carbons (Fsp3) is 0.600. The first kappa shape index (κ1) is 16.9. The standard InChI is InChI=1S/C15H22N2O4S2/c1-17(13-9-11-3-4-12(10-13)16-11)23(20,21)15-7-5-14(6-8-15)22(2,18)19/h5-8,11-13,16H,3-4,9-10H2,1-2H3. The van der Waals surface area contributed by atoms with E-state index in [1.807, 2.05) is 0 Å². The highest BCUT2D eigenvalue weighted by Gasteiger charge is 2.38. The lowest BCUT2D eigenvalue weighted by atomic mass is 10.0. The first-order valence-corrected chi connectivity index (χ1v) is 11.1. The number of hydrogen-bond donors (Lipinski definition) is 1. The fourth-order valence-electron chi connectivity index (χ4n) is 3.55. The van der Waals surface area contributed by atoms with E-state index in [0.717, 1.165) is 31.9 Å². The van der Waals surface area contributed by atoms with Crippen molar-refractivity contribution >= 4 is 19.9 Å². The molecule has 3 rings (SSSR count). The number of piperidine rings is 1. The number of fused-ring (bicyclic) bond motifs is 2. The minimum atomic E-state index is -3.61. The van der Waals surface area contributed by atoms with Crippen molar-refractivity contribution in [2.24, 2.45) is 0 Å². The molecule has 6 nitrogen and oxygen atoms in total. The number of nitrogens with zero attached hydrogens (tertiary/aromatic N) is 1. The Morgan fingerprint density at radius 2 is 1.43 bits per heavy atom. The Morgan fingerprint density at radius 1 is 0.957 bits per heavy atom. The minimum Gasteiger partial charge on any atom is -0.311 e. The highest BCUT2D eigenvalue weighted by molar-refractivity contribution is 7.90. The summed E-state index contributed by atoms with van der Waals surface area (Å²) in [6.45, 7) is 0. The first-order valence-electron chi connectivity index (χ1n) is 7.72. The van der Waals surface area contributed by atoms with Gasteiger partial charge in [0, 0.05) is 31.4 Å². The lowest BCUT2D eigenvalue weighted by Crippen LogP contribution is -2.48. The second-order valence-corrected chi connectivity index (χ2v) is 10.5. The summed E-state index contributed by atoms with van der Waals surface area (Å²) < 4.78 is 50.0. The Bertz CT molecular complexity index is 775. The molecule has 2 atom stereocenters. The van der Waals surface area contributed by atoms with Gasteiger partial charge < -0.3 is 5.32 Å². The van der Waals surface area contributed by atoms with Crippen molar-refractivity contribution in [3.8, 4) is 0 Å². The van der Waals surface area contributed by atoms with Gasteiger partial charge in [-0.15, -0.1) is 0 Å². The Labute approximate surface area is 137 Å². The zero-order valence-corrected chi connectivity index (χ0v) is 14.9. The van der Waals surface area contributed by atoms with Gasteiger partial charge in [0.15, 0.2) is 9.84 Å². The SMILES string of the molecule is CN(C1CC2CCC(C1)N2)S(=O)(=O)c1ccc(S(C)(=O)=O)cc1. The van der Waals surface area contributed by atoms with Crippen LogP contribution in [0.3, 0.4) is 0 Å². The van der Waals surface area contributed by atoms with Gasteiger partial charge >= 0.3 is 0 Å². The van der Waals surface area contributed by atoms with Gasteiger partial charge in [-0.05, 0) is 49.9 Å². The van der Waals surface area contributed by atoms with E-state index in [-0.39, 0.29) is 15.8 Å². The maximum atomic E-state index is 12.8. The van der Waals surface area contributed by atoms with Crippen LogP contribution >= 0.6 is 0 Å². The summed E-state index contributed by atoms with van der Waals surface area (Å²) in [5.41, 5.74) is 0. The molecule has 0 saturated carbocycles. The van der Waals surface area contributed by atoms with Gasteiger partial charge in [-0.1, -0.05) is 0 Å². The smallest absolute Gasteiger partial charge is 0.243 e. The molecule has 2 aliphatic rings. The number of sulfone groups is 1. The highest BCUT2D eigenvalue weighted by Crippen LogP contribution is 2.31. The molecule has 1 N–H and O–H groups in total. The number of benzene rings is 1. The van der Waals surface area contributed by atoms with Crippen LogP contribution in [0.5, 0.6) is 0 Å². The maximum Gasteiger partial charge on any atom is 0.243 e. The zero-order valence-electron chi connectivity index (χ0n) is 13.3. The van der Waals surface area contributed by atoms with Crippen molar-refractivity contribution in [3.05, 3.63) is 24.3 Å². The van der Waals surface area contributed by atoms with Crippen LogP contribution in [-0.2, 0) is 19.9 Å². The average molecular weight is 358 g/mol. The van der Waals surface area contributed by atoms with Crippen LogP contribution in [0.25, 0.3) is 0 Å². The highest BCUT2D eigenvalue weighted by atomic mass is 32.2. The van der Waals surface area contributed by atoms with E-state index in [0.29, 0.717) is 12.1 Å². The topological polar surface area (TPSA) is 83.6 Å². The molecule has 2 fully saturated rings. The normalized spacial score (nSPS) is 28.2. The minimum absolute atomic E-state index is 0.00617. The van der Waals surface area contributed by atoms with Crippen LogP contribution in [0.4, 0.5) is 0 Å². The molecule has 128 valence electrons. The Morgan fingerprint density at radius 3 is 1.91 bits per heavy atom. The average Bonchev–Trinajstić information content (AvgIpc) is 2.84. The predicted octanol–water partition coefficient (Wildman–Crippen LogP) is 0.994. The first-order chi connectivity index (χ1) is 10.7. The molecule has 0 spiro atoms. The summed E-state index contributed by atoms with van der Waals surface area (Å²) in [7, 11) is -5.32. The molecule has 1 aromatic carbocycles. The Balaban J connectivity index is 1.83. The lowest BCUT2D eigenvalue weighted by molar-refractivity contribution is 0.251. The van der Waals surface area contributed by atoms with E-state index in [2.05, 4.69) is 5.32 Å². The van der Waals surface area contributed by atoms with Gasteiger partial charge in [0.25, 0.3) is 0 Å². The van der Waals surface area contributed by atoms with Crippen molar-refractivity contribution in [2.75, 3.05) is 13.3 Å². The number of rotatable bonds is 4. The third-order valence-corrected chi connectivity index (χ3v) is 7.94. The quantitative estimate of drug-likeness (QED) is 0.868. The molecule has 0 aliphatic carbocycles. The maximum absolute atomic E-state index is 12.8. The Hall–Kier alpha value is -0.960. The summed E-state index contributed by atoms with van der Waals surface area (Å²) >= 11 is 0. The van der Waals surface area contributed by atoms with Gasteiger partial charge in [-0.2, -0.15) is 4.31 Å². The van der Waals surface area contributed by atoms with E-state index in [1.165, 1.54) is 28.6 Å². The molecule has 0 aromatic heterocycles. The Kier molecular flexibility index (Phi) is 4.29. The van der Waals surface area contributed by atoms with Crippen molar-refractivity contribution in [1.82, 2.24) is 9.62 Å². The van der Waals surface area contributed by atoms with E-state index >= 15 is 0 Å². The molecule has 0 amide bonds. The van der Waals surface area contributed by atoms with Crippen molar-refractivity contribution in [3.63, 3.8) is 0 Å². The molecule has 2 saturated heterocycles. The molecule has 2 bridgehead atoms. The fourth-order valence-corrected chi connectivity index (χ4v) is 5.55. The molecule has 2 heterocycles. The second-order valence-electron chi connectivity index (χ2n) is 6.53. The van der Waals surface area contributed by atoms with Crippen LogP contribution in [0, 0.1) is 0 Å². The van der Waals surface area contributed by atoms with E-state index in [1.54, 1.807) is 7.05 Å². The summed E-state index contributed by atoms with van der Waals surface area (Å²) in [5.74, 6) is 0. The van der Waals surface area contributed by atoms with E-state index in [4.69, 9.17) is 0 Å². The number of nitrogens with one attached hydrogen (secondary N) is 1. The van der Waals surface area contributed by atoms with E-state index in [9.17, 15) is 16.8 Å². The summed E-state index contributed by atoms with van der Waals surface area (Å²) in [5, 5.41) is 3.50. The van der Waals surface area contributed by atoms with Crippen molar-refractivity contribution in [1.29, 1.82) is 0 Å². The number of hydrogen-bond acceptors (Lipinski definition) is 5. The molecule has 0 radical (unpaired) electrons. The van der Waals surface area contributed by atoms with Crippen LogP contribution in [0.2, 0.25) is 0 Å². The number of sulfonamides is 1. The van der Waals surface area contributed by atoms with Crippen LogP contribution in [-0.4, -0.2) is 52.6 Å². The molecular formula is C15H22N2O4S2. The van der Waals surface area contributed by atoms with Gasteiger partial charge in [0.2, 0.25) is 10.0 Å². The second kappa shape index (κ2) is 5.84. The zero-order chi connectivity index (χ0) is 16.8.